The van der Waals surface area contributed by atoms with Crippen LogP contribution < -0.4 is 4.43 Å². The average Bonchev–Trinajstić information content (AvgIpc) is 2.36. The molecule has 1 heterocycles. The Kier molecular flexibility index (Phi) is 4.34. The minimum absolute atomic E-state index is 0.843. The summed E-state index contributed by atoms with van der Waals surface area (Å²) in [5, 5.41) is 0. The maximum absolute atomic E-state index is 6.05. The van der Waals surface area contributed by atoms with Gasteiger partial charge in [0, 0.05) is 5.69 Å². The van der Waals surface area contributed by atoms with Crippen LogP contribution in [0, 0.1) is 6.92 Å². The number of hydrogen-bond acceptors (Lipinski definition) is 3. The quantitative estimate of drug-likeness (QED) is 0.618. The van der Waals surface area contributed by atoms with Crippen LogP contribution in [-0.4, -0.2) is 19.5 Å². The fourth-order valence-corrected chi connectivity index (χ4v) is 2.58. The molecule has 1 aromatic carbocycles. The highest BCUT2D eigenvalue weighted by Gasteiger charge is 2.17. The van der Waals surface area contributed by atoms with E-state index in [-0.39, 0.29) is 0 Å². The van der Waals surface area contributed by atoms with Gasteiger partial charge in [0.2, 0.25) is 8.32 Å². The third-order valence-corrected chi connectivity index (χ3v) is 3.36. The molecule has 0 aliphatic heterocycles. The number of benzene rings is 1. The van der Waals surface area contributed by atoms with Crippen molar-refractivity contribution >= 4 is 20.2 Å². The van der Waals surface area contributed by atoms with Crippen molar-refractivity contribution in [3.63, 3.8) is 0 Å². The highest BCUT2D eigenvalue weighted by molar-refractivity contribution is 6.70. The van der Waals surface area contributed by atoms with Gasteiger partial charge in [0.15, 0.2) is 0 Å². The van der Waals surface area contributed by atoms with Gasteiger partial charge in [-0.15, -0.1) is 0 Å². The first-order valence-electron chi connectivity index (χ1n) is 6.70. The maximum atomic E-state index is 6.05. The summed E-state index contributed by atoms with van der Waals surface area (Å²) in [6.07, 6.45) is 1.78. The Morgan fingerprint density at radius 2 is 1.80 bits per heavy atom. The van der Waals surface area contributed by atoms with Crippen LogP contribution in [0.3, 0.4) is 0 Å². The van der Waals surface area contributed by atoms with Crippen LogP contribution in [0.2, 0.25) is 19.6 Å². The van der Waals surface area contributed by atoms with Crippen molar-refractivity contribution in [2.24, 2.45) is 4.99 Å². The fraction of sp³-hybridized carbons (Fsp3) is 0.250. The second-order valence-corrected chi connectivity index (χ2v) is 10.1. The third kappa shape index (κ3) is 4.31. The molecular formula is C16H20N2OSi. The lowest BCUT2D eigenvalue weighted by Crippen LogP contribution is -2.29. The summed E-state index contributed by atoms with van der Waals surface area (Å²) < 4.78 is 6.05. The molecule has 0 unspecified atom stereocenters. The lowest BCUT2D eigenvalue weighted by molar-refractivity contribution is 0.559. The van der Waals surface area contributed by atoms with Crippen LogP contribution in [0.1, 0.15) is 11.4 Å². The Morgan fingerprint density at radius 3 is 2.50 bits per heavy atom. The van der Waals surface area contributed by atoms with Crippen LogP contribution >= 0.6 is 0 Å². The van der Waals surface area contributed by atoms with Crippen molar-refractivity contribution < 1.29 is 4.43 Å². The van der Waals surface area contributed by atoms with Gasteiger partial charge in [-0.1, -0.05) is 18.2 Å². The van der Waals surface area contributed by atoms with E-state index >= 15 is 0 Å². The van der Waals surface area contributed by atoms with Crippen molar-refractivity contribution in [1.29, 1.82) is 0 Å². The van der Waals surface area contributed by atoms with Gasteiger partial charge in [-0.2, -0.15) is 0 Å². The first kappa shape index (κ1) is 14.5. The first-order chi connectivity index (χ1) is 9.44. The van der Waals surface area contributed by atoms with E-state index in [1.54, 1.807) is 6.21 Å². The van der Waals surface area contributed by atoms with Crippen LogP contribution in [0.15, 0.2) is 47.5 Å². The van der Waals surface area contributed by atoms with E-state index in [0.717, 1.165) is 22.8 Å². The molecule has 3 nitrogen and oxygen atoms in total. The van der Waals surface area contributed by atoms with Crippen LogP contribution in [-0.2, 0) is 0 Å². The highest BCUT2D eigenvalue weighted by atomic mass is 28.4. The van der Waals surface area contributed by atoms with Crippen molar-refractivity contribution in [3.8, 4) is 5.75 Å². The van der Waals surface area contributed by atoms with Crippen molar-refractivity contribution in [3.05, 3.63) is 53.9 Å². The molecule has 0 N–H and O–H groups in total. The largest absolute Gasteiger partial charge is 0.543 e. The molecule has 0 aliphatic carbocycles. The summed E-state index contributed by atoms with van der Waals surface area (Å²) in [5.41, 5.74) is 2.69. The van der Waals surface area contributed by atoms with Gasteiger partial charge >= 0.3 is 0 Å². The number of rotatable bonds is 4. The molecule has 0 fully saturated rings. The zero-order valence-corrected chi connectivity index (χ0v) is 13.4. The molecule has 2 rings (SSSR count). The van der Waals surface area contributed by atoms with Gasteiger partial charge in [0.05, 0.1) is 11.9 Å². The van der Waals surface area contributed by atoms with E-state index in [0.29, 0.717) is 0 Å². The summed E-state index contributed by atoms with van der Waals surface area (Å²) in [6.45, 7) is 8.46. The SMILES string of the molecule is Cc1cccc(C=Nc2ccccc2O[Si](C)(C)C)n1. The minimum Gasteiger partial charge on any atom is -0.543 e. The van der Waals surface area contributed by atoms with E-state index in [1.807, 2.05) is 49.4 Å². The molecule has 0 saturated heterocycles. The van der Waals surface area contributed by atoms with Crippen molar-refractivity contribution in [2.75, 3.05) is 0 Å². The molecule has 0 amide bonds. The number of para-hydroxylation sites is 2. The third-order valence-electron chi connectivity index (χ3n) is 2.53. The Hall–Kier alpha value is -1.94. The van der Waals surface area contributed by atoms with Gasteiger partial charge in [-0.05, 0) is 50.8 Å². The second-order valence-electron chi connectivity index (χ2n) is 5.64. The van der Waals surface area contributed by atoms with Crippen molar-refractivity contribution in [1.82, 2.24) is 4.98 Å². The zero-order valence-electron chi connectivity index (χ0n) is 12.4. The smallest absolute Gasteiger partial charge is 0.242 e. The lowest BCUT2D eigenvalue weighted by atomic mass is 10.3. The highest BCUT2D eigenvalue weighted by Crippen LogP contribution is 2.29. The van der Waals surface area contributed by atoms with Crippen molar-refractivity contribution in [2.45, 2.75) is 26.6 Å². The Morgan fingerprint density at radius 1 is 1.05 bits per heavy atom. The zero-order chi connectivity index (χ0) is 14.6. The summed E-state index contributed by atoms with van der Waals surface area (Å²) in [6, 6.07) is 13.8. The number of pyridine rings is 1. The molecular weight excluding hydrogens is 264 g/mol. The van der Waals surface area contributed by atoms with Gasteiger partial charge in [0.25, 0.3) is 0 Å². The summed E-state index contributed by atoms with van der Waals surface area (Å²) >= 11 is 0. The number of nitrogens with zero attached hydrogens (tertiary/aromatic N) is 2. The molecule has 0 saturated carbocycles. The monoisotopic (exact) mass is 284 g/mol. The molecule has 20 heavy (non-hydrogen) atoms. The van der Waals surface area contributed by atoms with Crippen LogP contribution in [0.5, 0.6) is 5.75 Å². The Labute approximate surface area is 121 Å². The van der Waals surface area contributed by atoms with Gasteiger partial charge < -0.3 is 4.43 Å². The minimum atomic E-state index is -1.64. The van der Waals surface area contributed by atoms with Crippen LogP contribution in [0.25, 0.3) is 0 Å². The first-order valence-corrected chi connectivity index (χ1v) is 10.1. The van der Waals surface area contributed by atoms with Gasteiger partial charge in [-0.25, -0.2) is 0 Å². The standard InChI is InChI=1S/C16H20N2OSi/c1-13-8-7-9-14(18-13)12-17-15-10-5-6-11-16(15)19-20(2,3)4/h5-12H,1-4H3. The molecule has 0 atom stereocenters. The van der Waals surface area contributed by atoms with E-state index < -0.39 is 8.32 Å². The topological polar surface area (TPSA) is 34.5 Å². The van der Waals surface area contributed by atoms with Gasteiger partial charge in [0.1, 0.15) is 11.4 Å². The maximum Gasteiger partial charge on any atom is 0.242 e. The van der Waals surface area contributed by atoms with Gasteiger partial charge in [-0.3, -0.25) is 9.98 Å². The predicted molar refractivity (Wildman–Crippen MR) is 86.6 cm³/mol. The number of aryl methyl sites for hydroxylation is 1. The molecule has 4 heteroatoms. The molecule has 0 bridgehead atoms. The molecule has 2 aromatic rings. The average molecular weight is 284 g/mol. The number of aromatic nitrogens is 1. The van der Waals surface area contributed by atoms with E-state index in [2.05, 4.69) is 29.6 Å². The summed E-state index contributed by atoms with van der Waals surface area (Å²) in [7, 11) is -1.64. The van der Waals surface area contributed by atoms with E-state index in [9.17, 15) is 0 Å². The summed E-state index contributed by atoms with van der Waals surface area (Å²) in [5.74, 6) is 0.843. The Balaban J connectivity index is 2.25. The molecule has 0 aliphatic rings. The molecule has 0 spiro atoms. The predicted octanol–water partition coefficient (Wildman–Crippen LogP) is 4.35. The van der Waals surface area contributed by atoms with E-state index in [4.69, 9.17) is 4.43 Å². The number of hydrogen-bond donors (Lipinski definition) is 0. The summed E-state index contributed by atoms with van der Waals surface area (Å²) in [4.78, 5) is 8.92. The lowest BCUT2D eigenvalue weighted by Gasteiger charge is -2.20. The van der Waals surface area contributed by atoms with Crippen LogP contribution in [0.4, 0.5) is 5.69 Å². The molecule has 104 valence electrons. The normalized spacial score (nSPS) is 11.8. The molecule has 1 aromatic heterocycles. The number of aliphatic imine (C=N–C) groups is 1. The van der Waals surface area contributed by atoms with E-state index in [1.165, 1.54) is 0 Å². The second kappa shape index (κ2) is 6.01. The fourth-order valence-electron chi connectivity index (χ4n) is 1.75. The molecule has 0 radical (unpaired) electrons. The Bertz CT molecular complexity index is 618.